The van der Waals surface area contributed by atoms with Crippen molar-refractivity contribution in [3.63, 3.8) is 0 Å². The molecule has 0 aromatic heterocycles. The van der Waals surface area contributed by atoms with E-state index in [4.69, 9.17) is 21.1 Å². The summed E-state index contributed by atoms with van der Waals surface area (Å²) in [7, 11) is -0.874. The minimum absolute atomic E-state index is 0.0652. The van der Waals surface area contributed by atoms with Crippen molar-refractivity contribution in [2.75, 3.05) is 58.4 Å². The zero-order chi connectivity index (χ0) is 36.0. The molecule has 0 radical (unpaired) electrons. The lowest BCUT2D eigenvalue weighted by Gasteiger charge is -2.46. The minimum Gasteiger partial charge on any atom is -0.490 e. The van der Waals surface area contributed by atoms with Crippen LogP contribution in [0.25, 0.3) is 0 Å². The summed E-state index contributed by atoms with van der Waals surface area (Å²) in [6.07, 6.45) is 10.2. The van der Waals surface area contributed by atoms with Crippen molar-refractivity contribution < 1.29 is 32.6 Å². The van der Waals surface area contributed by atoms with Crippen LogP contribution in [0.15, 0.2) is 48.6 Å². The quantitative estimate of drug-likeness (QED) is 0.445. The fraction of sp³-hybridized carbons (Fsp3) is 0.579. The number of hydrogen-bond donors (Lipinski definition) is 2. The number of fused-ring (bicyclic) bond motifs is 4. The van der Waals surface area contributed by atoms with Crippen molar-refractivity contribution in [2.45, 2.75) is 74.9 Å². The Morgan fingerprint density at radius 1 is 1.10 bits per heavy atom. The topological polar surface area (TPSA) is 129 Å². The van der Waals surface area contributed by atoms with E-state index in [2.05, 4.69) is 27.8 Å². The number of carbonyl (C=O) groups is 2. The van der Waals surface area contributed by atoms with Gasteiger partial charge in [0.05, 0.1) is 24.8 Å². The monoisotopic (exact) mass is 740 g/mol. The van der Waals surface area contributed by atoms with Crippen LogP contribution in [0, 0.1) is 11.8 Å². The molecule has 2 bridgehead atoms. The number of aryl methyl sites for hydroxylation is 1. The van der Waals surface area contributed by atoms with E-state index in [1.54, 1.807) is 32.4 Å². The molecule has 3 heterocycles. The highest BCUT2D eigenvalue weighted by Gasteiger charge is 2.47. The van der Waals surface area contributed by atoms with E-state index in [9.17, 15) is 23.1 Å². The van der Waals surface area contributed by atoms with Gasteiger partial charge in [-0.25, -0.2) is 4.72 Å². The Balaban J connectivity index is 1.33. The first-order valence-corrected chi connectivity index (χ1v) is 20.0. The molecule has 51 heavy (non-hydrogen) atoms. The summed E-state index contributed by atoms with van der Waals surface area (Å²) in [6, 6.07) is 11.2. The van der Waals surface area contributed by atoms with Gasteiger partial charge >= 0.3 is 10.2 Å². The first-order chi connectivity index (χ1) is 24.4. The summed E-state index contributed by atoms with van der Waals surface area (Å²) in [4.78, 5) is 31.6. The van der Waals surface area contributed by atoms with Crippen LogP contribution in [0.3, 0.4) is 0 Å². The minimum atomic E-state index is -4.24. The first-order valence-electron chi connectivity index (χ1n) is 18.2. The van der Waals surface area contributed by atoms with E-state index in [1.165, 1.54) is 20.3 Å². The standard InChI is InChI=1S/C38H49ClN4O7S/c1-41-17-4-3-9-33(49-2)30-13-10-27(30)23-42-24-37(16-7-8-26-20-29(39)12-14-31(26)37)25-50-34-15-11-28(21-32(34)42)38(46,22-35(41)44)36(45)40-51(47,48)43-18-5-6-19-43/h3,9,11-12,14-15,20-21,27,30,33,46H,4-8,10,13,16-19,22-25H2,1-2H3,(H,40,45)/b9-3+/t27-,30+,33-,37-,38+/m0/s1. The van der Waals surface area contributed by atoms with Gasteiger partial charge in [-0.3, -0.25) is 9.59 Å². The van der Waals surface area contributed by atoms with Crippen molar-refractivity contribution in [2.24, 2.45) is 11.8 Å². The summed E-state index contributed by atoms with van der Waals surface area (Å²) >= 11 is 6.46. The Labute approximate surface area is 306 Å². The van der Waals surface area contributed by atoms with Crippen molar-refractivity contribution >= 4 is 39.3 Å². The Hall–Kier alpha value is -3.16. The lowest BCUT2D eigenvalue weighted by atomic mass is 9.68. The molecule has 2 aromatic carbocycles. The highest BCUT2D eigenvalue weighted by atomic mass is 35.5. The Kier molecular flexibility index (Phi) is 10.2. The van der Waals surface area contributed by atoms with Crippen molar-refractivity contribution in [1.29, 1.82) is 0 Å². The smallest absolute Gasteiger partial charge is 0.303 e. The fourth-order valence-electron chi connectivity index (χ4n) is 8.79. The number of methoxy groups -OCH3 is 1. The molecular formula is C38H49ClN4O7S. The highest BCUT2D eigenvalue weighted by Crippen LogP contribution is 2.48. The number of anilines is 1. The van der Waals surface area contributed by atoms with E-state index >= 15 is 0 Å². The summed E-state index contributed by atoms with van der Waals surface area (Å²) in [5.74, 6) is -0.443. The number of ether oxygens (including phenoxy) is 2. The van der Waals surface area contributed by atoms with E-state index in [0.717, 1.165) is 32.1 Å². The van der Waals surface area contributed by atoms with E-state index in [0.29, 0.717) is 73.8 Å². The van der Waals surface area contributed by atoms with Crippen LogP contribution in [0.1, 0.15) is 68.1 Å². The second-order valence-electron chi connectivity index (χ2n) is 15.1. The molecule has 3 aliphatic heterocycles. The van der Waals surface area contributed by atoms with Gasteiger partial charge in [0.1, 0.15) is 5.75 Å². The zero-order valence-electron chi connectivity index (χ0n) is 29.5. The van der Waals surface area contributed by atoms with Gasteiger partial charge in [-0.05, 0) is 104 Å². The third-order valence-electron chi connectivity index (χ3n) is 11.9. The molecule has 276 valence electrons. The molecule has 5 aliphatic rings. The third kappa shape index (κ3) is 7.02. The molecule has 7 rings (SSSR count). The fourth-order valence-corrected chi connectivity index (χ4v) is 10.3. The number of rotatable bonds is 4. The van der Waals surface area contributed by atoms with Crippen molar-refractivity contribution in [3.05, 3.63) is 70.3 Å². The van der Waals surface area contributed by atoms with Crippen molar-refractivity contribution in [3.8, 4) is 5.75 Å². The number of aliphatic hydroxyl groups is 1. The molecule has 2 aromatic rings. The number of benzene rings is 2. The van der Waals surface area contributed by atoms with Crippen molar-refractivity contribution in [1.82, 2.24) is 13.9 Å². The zero-order valence-corrected chi connectivity index (χ0v) is 31.1. The third-order valence-corrected chi connectivity index (χ3v) is 13.7. The molecule has 5 atom stereocenters. The van der Waals surface area contributed by atoms with Crippen LogP contribution in [0.2, 0.25) is 5.02 Å². The summed E-state index contributed by atoms with van der Waals surface area (Å²) in [5, 5.41) is 13.1. The Morgan fingerprint density at radius 3 is 2.65 bits per heavy atom. The molecule has 2 amide bonds. The molecule has 1 saturated carbocycles. The molecule has 1 saturated heterocycles. The van der Waals surface area contributed by atoms with Gasteiger partial charge in [0, 0.05) is 57.3 Å². The van der Waals surface area contributed by atoms with Gasteiger partial charge in [0.15, 0.2) is 5.60 Å². The molecular weight excluding hydrogens is 692 g/mol. The van der Waals surface area contributed by atoms with E-state index in [1.807, 2.05) is 12.1 Å². The van der Waals surface area contributed by atoms with Gasteiger partial charge in [-0.15, -0.1) is 0 Å². The maximum atomic E-state index is 14.1. The number of hydrogen-bond acceptors (Lipinski definition) is 8. The van der Waals surface area contributed by atoms with Crippen LogP contribution < -0.4 is 14.4 Å². The van der Waals surface area contributed by atoms with Gasteiger partial charge in [0.2, 0.25) is 5.91 Å². The first kappa shape index (κ1) is 36.2. The molecule has 11 nitrogen and oxygen atoms in total. The largest absolute Gasteiger partial charge is 0.490 e. The number of nitrogens with zero attached hydrogens (tertiary/aromatic N) is 3. The average Bonchev–Trinajstić information content (AvgIpc) is 3.61. The molecule has 2 aliphatic carbocycles. The van der Waals surface area contributed by atoms with Gasteiger partial charge in [-0.1, -0.05) is 35.9 Å². The molecule has 1 spiro atoms. The number of amides is 2. The molecule has 2 N–H and O–H groups in total. The lowest BCUT2D eigenvalue weighted by Crippen LogP contribution is -2.52. The van der Waals surface area contributed by atoms with Crippen LogP contribution in [0.5, 0.6) is 5.75 Å². The van der Waals surface area contributed by atoms with Crippen LogP contribution in [0.4, 0.5) is 5.69 Å². The summed E-state index contributed by atoms with van der Waals surface area (Å²) in [5.41, 5.74) is 0.444. The van der Waals surface area contributed by atoms with Crippen LogP contribution in [-0.2, 0) is 42.0 Å². The maximum Gasteiger partial charge on any atom is 0.303 e. The van der Waals surface area contributed by atoms with E-state index < -0.39 is 34.0 Å². The normalized spacial score (nSPS) is 30.8. The van der Waals surface area contributed by atoms with Gasteiger partial charge in [-0.2, -0.15) is 12.7 Å². The average molecular weight is 741 g/mol. The SMILES string of the molecule is CO[C@H]1/C=C/CCN(C)C(=O)C[C@](O)(C(=O)NS(=O)(=O)N2CCCC2)c2ccc3c(c2)N(C[C@@H]2CC[C@H]21)C[C@@]1(CCCc2cc(Cl)ccc21)CO3. The molecule has 2 fully saturated rings. The molecule has 0 unspecified atom stereocenters. The summed E-state index contributed by atoms with van der Waals surface area (Å²) < 4.78 is 42.6. The molecule has 13 heteroatoms. The Morgan fingerprint density at radius 2 is 1.90 bits per heavy atom. The lowest BCUT2D eigenvalue weighted by molar-refractivity contribution is -0.148. The van der Waals surface area contributed by atoms with Crippen LogP contribution >= 0.6 is 11.6 Å². The maximum absolute atomic E-state index is 14.1. The van der Waals surface area contributed by atoms with E-state index in [-0.39, 0.29) is 30.2 Å². The predicted molar refractivity (Wildman–Crippen MR) is 195 cm³/mol. The van der Waals surface area contributed by atoms with Crippen LogP contribution in [-0.4, -0.2) is 94.1 Å². The Bertz CT molecular complexity index is 1800. The number of carbonyl (C=O) groups excluding carboxylic acids is 2. The highest BCUT2D eigenvalue weighted by molar-refractivity contribution is 7.87. The second kappa shape index (κ2) is 14.3. The van der Waals surface area contributed by atoms with Gasteiger partial charge in [0.25, 0.3) is 5.91 Å². The number of halogens is 1. The summed E-state index contributed by atoms with van der Waals surface area (Å²) in [6.45, 7) is 2.67. The predicted octanol–water partition coefficient (Wildman–Crippen LogP) is 4.31. The van der Waals surface area contributed by atoms with Gasteiger partial charge < -0.3 is 24.4 Å². The number of nitrogens with one attached hydrogen (secondary N) is 1. The second-order valence-corrected chi connectivity index (χ2v) is 17.2.